The zero-order chi connectivity index (χ0) is 13.7. The predicted octanol–water partition coefficient (Wildman–Crippen LogP) is 4.87. The SMILES string of the molecule is CC1(C)CCC(O)(c2cc3cccc(Cl)c3o2)CC1. The highest BCUT2D eigenvalue weighted by Gasteiger charge is 2.40. The summed E-state index contributed by atoms with van der Waals surface area (Å²) in [6.45, 7) is 4.50. The molecule has 1 aliphatic rings. The third-order valence-electron chi connectivity index (χ3n) is 4.39. The second-order valence-electron chi connectivity index (χ2n) is 6.46. The van der Waals surface area contributed by atoms with Crippen molar-refractivity contribution in [2.24, 2.45) is 5.41 Å². The summed E-state index contributed by atoms with van der Waals surface area (Å²) in [5, 5.41) is 12.4. The summed E-state index contributed by atoms with van der Waals surface area (Å²) in [4.78, 5) is 0. The normalized spacial score (nSPS) is 21.7. The van der Waals surface area contributed by atoms with Crippen molar-refractivity contribution in [3.63, 3.8) is 0 Å². The Labute approximate surface area is 118 Å². The minimum Gasteiger partial charge on any atom is -0.456 e. The Morgan fingerprint density at radius 1 is 1.16 bits per heavy atom. The van der Waals surface area contributed by atoms with Gasteiger partial charge in [-0.25, -0.2) is 0 Å². The summed E-state index contributed by atoms with van der Waals surface area (Å²) < 4.78 is 5.83. The summed E-state index contributed by atoms with van der Waals surface area (Å²) in [5.41, 5.74) is 0.158. The standard InChI is InChI=1S/C16H19ClO2/c1-15(2)6-8-16(18,9-7-15)13-10-11-4-3-5-12(17)14(11)19-13/h3-5,10,18H,6-9H2,1-2H3. The molecule has 1 aromatic heterocycles. The molecule has 0 radical (unpaired) electrons. The average Bonchev–Trinajstić information content (AvgIpc) is 2.80. The van der Waals surface area contributed by atoms with Gasteiger partial charge in [0.1, 0.15) is 11.4 Å². The van der Waals surface area contributed by atoms with Crippen LogP contribution in [0.4, 0.5) is 0 Å². The molecule has 0 bridgehead atoms. The number of benzene rings is 1. The summed E-state index contributed by atoms with van der Waals surface area (Å²) in [5.74, 6) is 0.658. The molecule has 1 fully saturated rings. The Kier molecular flexibility index (Phi) is 2.91. The van der Waals surface area contributed by atoms with Crippen molar-refractivity contribution in [1.29, 1.82) is 0 Å². The van der Waals surface area contributed by atoms with Crippen LogP contribution in [-0.2, 0) is 5.60 Å². The van der Waals surface area contributed by atoms with Crippen molar-refractivity contribution in [3.05, 3.63) is 35.0 Å². The molecule has 0 aliphatic heterocycles. The fourth-order valence-corrected chi connectivity index (χ4v) is 3.06. The highest BCUT2D eigenvalue weighted by Crippen LogP contribution is 2.46. The van der Waals surface area contributed by atoms with Gasteiger partial charge >= 0.3 is 0 Å². The molecule has 0 saturated heterocycles. The van der Waals surface area contributed by atoms with E-state index in [0.29, 0.717) is 21.8 Å². The highest BCUT2D eigenvalue weighted by molar-refractivity contribution is 6.34. The lowest BCUT2D eigenvalue weighted by Crippen LogP contribution is -2.34. The monoisotopic (exact) mass is 278 g/mol. The summed E-state index contributed by atoms with van der Waals surface area (Å²) in [6.07, 6.45) is 3.51. The molecule has 0 spiro atoms. The summed E-state index contributed by atoms with van der Waals surface area (Å²) >= 11 is 6.12. The number of halogens is 1. The van der Waals surface area contributed by atoms with E-state index < -0.39 is 5.60 Å². The van der Waals surface area contributed by atoms with E-state index in [0.717, 1.165) is 31.1 Å². The third-order valence-corrected chi connectivity index (χ3v) is 4.68. The summed E-state index contributed by atoms with van der Waals surface area (Å²) in [6, 6.07) is 7.60. The van der Waals surface area contributed by atoms with Crippen LogP contribution < -0.4 is 0 Å². The highest BCUT2D eigenvalue weighted by atomic mass is 35.5. The van der Waals surface area contributed by atoms with E-state index in [1.807, 2.05) is 24.3 Å². The number of rotatable bonds is 1. The first-order valence-electron chi connectivity index (χ1n) is 6.81. The zero-order valence-electron chi connectivity index (χ0n) is 11.4. The molecule has 1 heterocycles. The molecule has 1 saturated carbocycles. The van der Waals surface area contributed by atoms with Crippen molar-refractivity contribution in [2.45, 2.75) is 45.1 Å². The van der Waals surface area contributed by atoms with Gasteiger partial charge in [-0.15, -0.1) is 0 Å². The lowest BCUT2D eigenvalue weighted by Gasteiger charge is -2.38. The van der Waals surface area contributed by atoms with Gasteiger partial charge < -0.3 is 9.52 Å². The van der Waals surface area contributed by atoms with Gasteiger partial charge in [0, 0.05) is 5.39 Å². The quantitative estimate of drug-likeness (QED) is 0.807. The van der Waals surface area contributed by atoms with E-state index >= 15 is 0 Å². The Morgan fingerprint density at radius 3 is 2.47 bits per heavy atom. The van der Waals surface area contributed by atoms with Crippen LogP contribution in [0.25, 0.3) is 11.0 Å². The largest absolute Gasteiger partial charge is 0.456 e. The van der Waals surface area contributed by atoms with Crippen molar-refractivity contribution < 1.29 is 9.52 Å². The number of hydrogen-bond acceptors (Lipinski definition) is 2. The fourth-order valence-electron chi connectivity index (χ4n) is 2.84. The maximum absolute atomic E-state index is 10.8. The molecule has 0 unspecified atom stereocenters. The van der Waals surface area contributed by atoms with E-state index in [9.17, 15) is 5.11 Å². The number of para-hydroxylation sites is 1. The van der Waals surface area contributed by atoms with Gasteiger partial charge in [-0.05, 0) is 43.2 Å². The van der Waals surface area contributed by atoms with Crippen LogP contribution in [0.2, 0.25) is 5.02 Å². The molecule has 1 N–H and O–H groups in total. The van der Waals surface area contributed by atoms with Crippen LogP contribution in [0, 0.1) is 5.41 Å². The summed E-state index contributed by atoms with van der Waals surface area (Å²) in [7, 11) is 0. The molecule has 1 aliphatic carbocycles. The molecule has 2 nitrogen and oxygen atoms in total. The van der Waals surface area contributed by atoms with Crippen molar-refractivity contribution >= 4 is 22.6 Å². The topological polar surface area (TPSA) is 33.4 Å². The van der Waals surface area contributed by atoms with Crippen molar-refractivity contribution in [1.82, 2.24) is 0 Å². The van der Waals surface area contributed by atoms with E-state index in [2.05, 4.69) is 13.8 Å². The lowest BCUT2D eigenvalue weighted by atomic mass is 9.70. The van der Waals surface area contributed by atoms with Gasteiger partial charge in [0.05, 0.1) is 5.02 Å². The Balaban J connectivity index is 1.98. The average molecular weight is 279 g/mol. The van der Waals surface area contributed by atoms with Crippen LogP contribution in [0.3, 0.4) is 0 Å². The van der Waals surface area contributed by atoms with Gasteiger partial charge in [-0.3, -0.25) is 0 Å². The predicted molar refractivity (Wildman–Crippen MR) is 77.4 cm³/mol. The van der Waals surface area contributed by atoms with Gasteiger partial charge in [0.25, 0.3) is 0 Å². The molecule has 19 heavy (non-hydrogen) atoms. The number of fused-ring (bicyclic) bond motifs is 1. The molecular formula is C16H19ClO2. The van der Waals surface area contributed by atoms with E-state index in [4.69, 9.17) is 16.0 Å². The minimum absolute atomic E-state index is 0.315. The molecule has 102 valence electrons. The number of furan rings is 1. The fraction of sp³-hybridized carbons (Fsp3) is 0.500. The van der Waals surface area contributed by atoms with E-state index in [1.54, 1.807) is 0 Å². The third kappa shape index (κ3) is 2.28. The Hall–Kier alpha value is -0.990. The maximum atomic E-state index is 10.8. The van der Waals surface area contributed by atoms with Crippen LogP contribution in [0.15, 0.2) is 28.7 Å². The molecule has 2 aromatic rings. The van der Waals surface area contributed by atoms with Crippen LogP contribution in [-0.4, -0.2) is 5.11 Å². The molecule has 3 heteroatoms. The second kappa shape index (κ2) is 4.26. The molecule has 0 amide bonds. The number of aliphatic hydroxyl groups is 1. The first-order valence-corrected chi connectivity index (χ1v) is 7.18. The molecule has 1 aromatic carbocycles. The maximum Gasteiger partial charge on any atom is 0.153 e. The van der Waals surface area contributed by atoms with Crippen LogP contribution in [0.1, 0.15) is 45.3 Å². The molecular weight excluding hydrogens is 260 g/mol. The van der Waals surface area contributed by atoms with Crippen LogP contribution in [0.5, 0.6) is 0 Å². The second-order valence-corrected chi connectivity index (χ2v) is 6.87. The van der Waals surface area contributed by atoms with E-state index in [1.165, 1.54) is 0 Å². The number of hydrogen-bond donors (Lipinski definition) is 1. The van der Waals surface area contributed by atoms with E-state index in [-0.39, 0.29) is 0 Å². The van der Waals surface area contributed by atoms with Gasteiger partial charge in [-0.1, -0.05) is 37.6 Å². The molecule has 3 rings (SSSR count). The Morgan fingerprint density at radius 2 is 1.84 bits per heavy atom. The first-order chi connectivity index (χ1) is 8.90. The lowest BCUT2D eigenvalue weighted by molar-refractivity contribution is -0.0455. The van der Waals surface area contributed by atoms with Gasteiger partial charge in [0.2, 0.25) is 0 Å². The first kappa shape index (κ1) is 13.0. The molecule has 0 atom stereocenters. The van der Waals surface area contributed by atoms with Crippen molar-refractivity contribution in [3.8, 4) is 0 Å². The van der Waals surface area contributed by atoms with Gasteiger partial charge in [-0.2, -0.15) is 0 Å². The Bertz CT molecular complexity index is 602. The van der Waals surface area contributed by atoms with Crippen molar-refractivity contribution in [2.75, 3.05) is 0 Å². The van der Waals surface area contributed by atoms with Crippen LogP contribution >= 0.6 is 11.6 Å². The smallest absolute Gasteiger partial charge is 0.153 e. The van der Waals surface area contributed by atoms with Gasteiger partial charge in [0.15, 0.2) is 5.58 Å². The zero-order valence-corrected chi connectivity index (χ0v) is 12.1. The minimum atomic E-state index is -0.835.